The van der Waals surface area contributed by atoms with Crippen molar-refractivity contribution in [1.29, 1.82) is 0 Å². The molecule has 2 saturated carbocycles. The lowest BCUT2D eigenvalue weighted by molar-refractivity contribution is -0.200. The standard InChI is InChI=1S/C14H25BNO2S/c1-11(2,12(3,4)19)18-15-13-5-6-14(16-9-17-14)8-10(13)7-13/h10,16,19H,5-9H2,1-4H3. The van der Waals surface area contributed by atoms with Crippen LogP contribution in [0.1, 0.15) is 53.4 Å². The van der Waals surface area contributed by atoms with Crippen molar-refractivity contribution in [3.8, 4) is 0 Å². The molecule has 1 N–H and O–H groups in total. The molecule has 3 atom stereocenters. The summed E-state index contributed by atoms with van der Waals surface area (Å²) in [7, 11) is 2.13. The lowest BCUT2D eigenvalue weighted by Crippen LogP contribution is -2.61. The Morgan fingerprint density at radius 3 is 2.42 bits per heavy atom. The van der Waals surface area contributed by atoms with E-state index in [4.69, 9.17) is 9.39 Å². The van der Waals surface area contributed by atoms with E-state index in [2.05, 4.69) is 53.1 Å². The highest BCUT2D eigenvalue weighted by atomic mass is 32.1. The maximum atomic E-state index is 6.14. The molecule has 3 aliphatic rings. The van der Waals surface area contributed by atoms with Gasteiger partial charge in [-0.3, -0.25) is 5.32 Å². The van der Waals surface area contributed by atoms with E-state index in [1.807, 2.05) is 0 Å². The lowest BCUT2D eigenvalue weighted by atomic mass is 9.65. The Kier molecular flexibility index (Phi) is 3.11. The van der Waals surface area contributed by atoms with Gasteiger partial charge in [0.25, 0.3) is 7.48 Å². The van der Waals surface area contributed by atoms with Crippen molar-refractivity contribution in [2.24, 2.45) is 5.92 Å². The Balaban J connectivity index is 1.55. The Labute approximate surface area is 122 Å². The summed E-state index contributed by atoms with van der Waals surface area (Å²) < 4.78 is 11.7. The molecule has 3 unspecified atom stereocenters. The molecule has 1 heterocycles. The van der Waals surface area contributed by atoms with Gasteiger partial charge in [-0.25, -0.2) is 0 Å². The molecule has 2 aliphatic carbocycles. The zero-order chi connectivity index (χ0) is 13.9. The number of rotatable bonds is 4. The molecule has 0 amide bonds. The second-order valence-electron chi connectivity index (χ2n) is 7.60. The number of nitrogens with one attached hydrogen (secondary N) is 1. The fourth-order valence-corrected chi connectivity index (χ4v) is 3.15. The third kappa shape index (κ3) is 2.37. The zero-order valence-electron chi connectivity index (χ0n) is 12.5. The van der Waals surface area contributed by atoms with Crippen LogP contribution in [0.3, 0.4) is 0 Å². The summed E-state index contributed by atoms with van der Waals surface area (Å²) in [6.07, 6.45) is 4.67. The Hall–Kier alpha value is 0.295. The van der Waals surface area contributed by atoms with E-state index in [9.17, 15) is 0 Å². The molecule has 0 aromatic rings. The molecule has 107 valence electrons. The molecule has 0 aromatic carbocycles. The summed E-state index contributed by atoms with van der Waals surface area (Å²) in [6, 6.07) is 0. The first kappa shape index (κ1) is 14.2. The Bertz CT molecular complexity index is 378. The molecule has 5 heteroatoms. The maximum Gasteiger partial charge on any atom is 0.300 e. The van der Waals surface area contributed by atoms with Crippen LogP contribution in [-0.4, -0.2) is 30.3 Å². The van der Waals surface area contributed by atoms with Crippen LogP contribution in [0.15, 0.2) is 0 Å². The largest absolute Gasteiger partial charge is 0.434 e. The topological polar surface area (TPSA) is 30.5 Å². The second-order valence-corrected chi connectivity index (χ2v) is 8.72. The van der Waals surface area contributed by atoms with Crippen molar-refractivity contribution in [2.45, 2.75) is 74.8 Å². The van der Waals surface area contributed by atoms with Crippen LogP contribution in [-0.2, 0) is 9.39 Å². The van der Waals surface area contributed by atoms with Gasteiger partial charge in [0.05, 0.1) is 5.60 Å². The first-order valence-corrected chi connectivity index (χ1v) is 7.77. The van der Waals surface area contributed by atoms with Gasteiger partial charge >= 0.3 is 0 Å². The van der Waals surface area contributed by atoms with Crippen LogP contribution in [0, 0.1) is 5.92 Å². The summed E-state index contributed by atoms with van der Waals surface area (Å²) in [6.45, 7) is 9.17. The normalized spacial score (nSPS) is 41.6. The summed E-state index contributed by atoms with van der Waals surface area (Å²) in [5, 5.41) is 3.75. The van der Waals surface area contributed by atoms with Crippen molar-refractivity contribution in [1.82, 2.24) is 5.32 Å². The first-order chi connectivity index (χ1) is 8.68. The van der Waals surface area contributed by atoms with E-state index in [0.29, 0.717) is 5.31 Å². The van der Waals surface area contributed by atoms with Crippen LogP contribution in [0.5, 0.6) is 0 Å². The maximum absolute atomic E-state index is 6.14. The lowest BCUT2D eigenvalue weighted by Gasteiger charge is -2.47. The number of hydrogen-bond donors (Lipinski definition) is 2. The van der Waals surface area contributed by atoms with Crippen LogP contribution in [0.2, 0.25) is 5.31 Å². The summed E-state index contributed by atoms with van der Waals surface area (Å²) in [4.78, 5) is 0. The van der Waals surface area contributed by atoms with Gasteiger partial charge in [0.2, 0.25) is 0 Å². The van der Waals surface area contributed by atoms with Crippen molar-refractivity contribution >= 4 is 20.1 Å². The van der Waals surface area contributed by atoms with Crippen molar-refractivity contribution in [2.75, 3.05) is 6.73 Å². The van der Waals surface area contributed by atoms with E-state index >= 15 is 0 Å². The van der Waals surface area contributed by atoms with Crippen molar-refractivity contribution in [3.63, 3.8) is 0 Å². The van der Waals surface area contributed by atoms with Gasteiger partial charge in [-0.05, 0) is 64.6 Å². The molecule has 1 radical (unpaired) electrons. The second kappa shape index (κ2) is 4.15. The molecule has 0 bridgehead atoms. The van der Waals surface area contributed by atoms with E-state index in [-0.39, 0.29) is 16.1 Å². The third-order valence-electron chi connectivity index (χ3n) is 5.65. The molecule has 1 aliphatic heterocycles. The van der Waals surface area contributed by atoms with E-state index < -0.39 is 0 Å². The van der Waals surface area contributed by atoms with Crippen molar-refractivity contribution in [3.05, 3.63) is 0 Å². The average molecular weight is 282 g/mol. The molecular formula is C14H25BNO2S. The number of ether oxygens (including phenoxy) is 1. The molecule has 1 saturated heterocycles. The summed E-state index contributed by atoms with van der Waals surface area (Å²) >= 11 is 4.65. The van der Waals surface area contributed by atoms with Gasteiger partial charge in [-0.15, -0.1) is 0 Å². The van der Waals surface area contributed by atoms with Gasteiger partial charge in [0.1, 0.15) is 12.5 Å². The Morgan fingerprint density at radius 1 is 1.26 bits per heavy atom. The van der Waals surface area contributed by atoms with Gasteiger partial charge < -0.3 is 9.39 Å². The number of thiol groups is 1. The average Bonchev–Trinajstić information content (AvgIpc) is 2.96. The molecule has 3 nitrogen and oxygen atoms in total. The highest BCUT2D eigenvalue weighted by Crippen LogP contribution is 2.69. The van der Waals surface area contributed by atoms with Crippen LogP contribution in [0.25, 0.3) is 0 Å². The molecule has 19 heavy (non-hydrogen) atoms. The molecular weight excluding hydrogens is 257 g/mol. The SMILES string of the molecule is CC(C)(S)C(C)(C)O[B]C12CCC3(CC1C2)NCO3. The minimum atomic E-state index is -0.252. The molecule has 3 fully saturated rings. The minimum absolute atomic E-state index is 0.0108. The number of fused-ring (bicyclic) bond motifs is 1. The highest BCUT2D eigenvalue weighted by molar-refractivity contribution is 7.81. The van der Waals surface area contributed by atoms with Gasteiger partial charge in [-0.1, -0.05) is 0 Å². The molecule has 0 aromatic heterocycles. The van der Waals surface area contributed by atoms with E-state index in [1.54, 1.807) is 0 Å². The predicted octanol–water partition coefficient (Wildman–Crippen LogP) is 2.75. The van der Waals surface area contributed by atoms with Gasteiger partial charge in [0.15, 0.2) is 0 Å². The highest BCUT2D eigenvalue weighted by Gasteiger charge is 2.63. The molecule has 1 spiro atoms. The smallest absolute Gasteiger partial charge is 0.300 e. The fourth-order valence-electron chi connectivity index (χ4n) is 3.10. The monoisotopic (exact) mass is 282 g/mol. The quantitative estimate of drug-likeness (QED) is 0.614. The van der Waals surface area contributed by atoms with Crippen LogP contribution >= 0.6 is 12.6 Å². The number of hydrogen-bond acceptors (Lipinski definition) is 4. The van der Waals surface area contributed by atoms with Gasteiger partial charge in [-0.2, -0.15) is 12.6 Å². The molecule has 3 rings (SSSR count). The fraction of sp³-hybridized carbons (Fsp3) is 1.00. The summed E-state index contributed by atoms with van der Waals surface area (Å²) in [5.41, 5.74) is -0.241. The van der Waals surface area contributed by atoms with E-state index in [0.717, 1.165) is 25.5 Å². The Morgan fingerprint density at radius 2 is 1.95 bits per heavy atom. The third-order valence-corrected chi connectivity index (χ3v) is 6.19. The van der Waals surface area contributed by atoms with Crippen LogP contribution in [0.4, 0.5) is 0 Å². The predicted molar refractivity (Wildman–Crippen MR) is 80.5 cm³/mol. The minimum Gasteiger partial charge on any atom is -0.434 e. The first-order valence-electron chi connectivity index (χ1n) is 7.32. The van der Waals surface area contributed by atoms with Crippen LogP contribution < -0.4 is 5.32 Å². The zero-order valence-corrected chi connectivity index (χ0v) is 13.3. The van der Waals surface area contributed by atoms with Crippen molar-refractivity contribution < 1.29 is 9.39 Å². The van der Waals surface area contributed by atoms with E-state index in [1.165, 1.54) is 12.8 Å². The summed E-state index contributed by atoms with van der Waals surface area (Å²) in [5.74, 6) is 0.730. The van der Waals surface area contributed by atoms with Gasteiger partial charge in [0, 0.05) is 4.75 Å².